The van der Waals surface area contributed by atoms with E-state index >= 15 is 0 Å². The molecule has 1 aromatic heterocycles. The molecule has 1 amide bonds. The number of nitrogens with zero attached hydrogens (tertiary/aromatic N) is 2. The first-order valence-electron chi connectivity index (χ1n) is 7.19. The van der Waals surface area contributed by atoms with Crippen LogP contribution in [0.25, 0.3) is 0 Å². The van der Waals surface area contributed by atoms with E-state index in [0.717, 1.165) is 31.5 Å². The lowest BCUT2D eigenvalue weighted by Crippen LogP contribution is -2.40. The van der Waals surface area contributed by atoms with Crippen LogP contribution in [-0.2, 0) is 0 Å². The van der Waals surface area contributed by atoms with Crippen LogP contribution in [0.15, 0.2) is 18.5 Å². The smallest absolute Gasteiger partial charge is 0.258 e. The van der Waals surface area contributed by atoms with Crippen molar-refractivity contribution in [2.24, 2.45) is 0 Å². The number of carbonyl (C=O) groups excluding carboxylic acids is 1. The van der Waals surface area contributed by atoms with Gasteiger partial charge in [0.2, 0.25) is 0 Å². The van der Waals surface area contributed by atoms with E-state index in [1.54, 1.807) is 12.4 Å². The molecule has 19 heavy (non-hydrogen) atoms. The summed E-state index contributed by atoms with van der Waals surface area (Å²) < 4.78 is 0. The second-order valence-corrected chi connectivity index (χ2v) is 5.15. The van der Waals surface area contributed by atoms with E-state index in [2.05, 4.69) is 24.1 Å². The van der Waals surface area contributed by atoms with E-state index in [1.165, 1.54) is 0 Å². The zero-order valence-corrected chi connectivity index (χ0v) is 12.0. The molecule has 1 aliphatic heterocycles. The van der Waals surface area contributed by atoms with Gasteiger partial charge in [-0.3, -0.25) is 9.78 Å². The summed E-state index contributed by atoms with van der Waals surface area (Å²) in [5.41, 5.74) is 1.58. The summed E-state index contributed by atoms with van der Waals surface area (Å²) in [6.45, 7) is 7.12. The van der Waals surface area contributed by atoms with Crippen LogP contribution in [0.3, 0.4) is 0 Å². The number of nitrogens with one attached hydrogen (secondary N) is 1. The van der Waals surface area contributed by atoms with Crippen LogP contribution < -0.4 is 5.32 Å². The van der Waals surface area contributed by atoms with Gasteiger partial charge in [0.25, 0.3) is 5.91 Å². The minimum Gasteiger partial charge on any atom is -0.385 e. The molecule has 0 aromatic carbocycles. The van der Waals surface area contributed by atoms with E-state index in [-0.39, 0.29) is 5.91 Å². The highest BCUT2D eigenvalue weighted by Gasteiger charge is 2.34. The number of pyridine rings is 1. The Morgan fingerprint density at radius 3 is 2.95 bits per heavy atom. The lowest BCUT2D eigenvalue weighted by Gasteiger charge is -2.28. The Morgan fingerprint density at radius 2 is 2.26 bits per heavy atom. The third kappa shape index (κ3) is 2.72. The van der Waals surface area contributed by atoms with Gasteiger partial charge in [0, 0.05) is 31.0 Å². The summed E-state index contributed by atoms with van der Waals surface area (Å²) in [5.74, 6) is 0.112. The summed E-state index contributed by atoms with van der Waals surface area (Å²) in [7, 11) is 0. The van der Waals surface area contributed by atoms with E-state index in [9.17, 15) is 4.79 Å². The number of hydrogen-bond donors (Lipinski definition) is 1. The van der Waals surface area contributed by atoms with E-state index in [0.29, 0.717) is 17.6 Å². The van der Waals surface area contributed by atoms with Gasteiger partial charge in [-0.05, 0) is 39.2 Å². The number of hydrogen-bond acceptors (Lipinski definition) is 3. The molecule has 0 spiro atoms. The Labute approximate surface area is 115 Å². The van der Waals surface area contributed by atoms with Crippen LogP contribution in [0, 0.1) is 0 Å². The molecular weight excluding hydrogens is 238 g/mol. The number of rotatable bonds is 4. The quantitative estimate of drug-likeness (QED) is 0.906. The summed E-state index contributed by atoms with van der Waals surface area (Å²) in [4.78, 5) is 18.9. The molecule has 1 aromatic rings. The highest BCUT2D eigenvalue weighted by Crippen LogP contribution is 2.29. The topological polar surface area (TPSA) is 45.2 Å². The van der Waals surface area contributed by atoms with Crippen molar-refractivity contribution in [3.8, 4) is 0 Å². The molecule has 104 valence electrons. The minimum absolute atomic E-state index is 0.112. The first-order valence-corrected chi connectivity index (χ1v) is 7.19. The fourth-order valence-electron chi connectivity index (χ4n) is 2.89. The van der Waals surface area contributed by atoms with Crippen molar-refractivity contribution in [1.82, 2.24) is 9.88 Å². The molecule has 1 N–H and O–H groups in total. The molecule has 0 aliphatic carbocycles. The molecule has 2 unspecified atom stereocenters. The molecule has 1 saturated heterocycles. The third-order valence-electron chi connectivity index (χ3n) is 3.91. The predicted molar refractivity (Wildman–Crippen MR) is 77.3 cm³/mol. The fourth-order valence-corrected chi connectivity index (χ4v) is 2.89. The first-order chi connectivity index (χ1) is 9.19. The summed E-state index contributed by atoms with van der Waals surface area (Å²) in [6.07, 6.45) is 6.63. The zero-order valence-electron chi connectivity index (χ0n) is 12.0. The van der Waals surface area contributed by atoms with Crippen molar-refractivity contribution in [2.75, 3.05) is 11.9 Å². The second-order valence-electron chi connectivity index (χ2n) is 5.15. The van der Waals surface area contributed by atoms with Gasteiger partial charge in [-0.25, -0.2) is 0 Å². The molecule has 1 fully saturated rings. The summed E-state index contributed by atoms with van der Waals surface area (Å²) in [6, 6.07) is 2.57. The van der Waals surface area contributed by atoms with Gasteiger partial charge >= 0.3 is 0 Å². The average molecular weight is 261 g/mol. The molecule has 4 nitrogen and oxygen atoms in total. The van der Waals surface area contributed by atoms with Gasteiger partial charge in [-0.15, -0.1) is 0 Å². The molecule has 4 heteroatoms. The van der Waals surface area contributed by atoms with E-state index in [1.807, 2.05) is 17.9 Å². The molecule has 2 rings (SSSR count). The van der Waals surface area contributed by atoms with Crippen molar-refractivity contribution >= 4 is 11.6 Å². The Morgan fingerprint density at radius 1 is 1.47 bits per heavy atom. The first kappa shape index (κ1) is 13.8. The van der Waals surface area contributed by atoms with Crippen LogP contribution in [0.1, 0.15) is 50.4 Å². The van der Waals surface area contributed by atoms with E-state index < -0.39 is 0 Å². The lowest BCUT2D eigenvalue weighted by molar-refractivity contribution is 0.0677. The predicted octanol–water partition coefficient (Wildman–Crippen LogP) is 2.92. The van der Waals surface area contributed by atoms with E-state index in [4.69, 9.17) is 0 Å². The van der Waals surface area contributed by atoms with Crippen molar-refractivity contribution < 1.29 is 4.79 Å². The van der Waals surface area contributed by atoms with Crippen molar-refractivity contribution in [2.45, 2.75) is 52.1 Å². The maximum atomic E-state index is 12.8. The highest BCUT2D eigenvalue weighted by molar-refractivity contribution is 5.99. The maximum absolute atomic E-state index is 12.8. The molecule has 2 heterocycles. The number of likely N-dealkylation sites (tertiary alicyclic amines) is 1. The minimum atomic E-state index is 0.112. The summed E-state index contributed by atoms with van der Waals surface area (Å²) in [5, 5.41) is 3.24. The van der Waals surface area contributed by atoms with Crippen molar-refractivity contribution in [1.29, 1.82) is 0 Å². The van der Waals surface area contributed by atoms with Crippen molar-refractivity contribution in [3.05, 3.63) is 24.0 Å². The van der Waals surface area contributed by atoms with Crippen LogP contribution in [-0.4, -0.2) is 34.4 Å². The van der Waals surface area contributed by atoms with Gasteiger partial charge < -0.3 is 10.2 Å². The number of anilines is 1. The average Bonchev–Trinajstić information content (AvgIpc) is 2.80. The third-order valence-corrected chi connectivity index (χ3v) is 3.91. The summed E-state index contributed by atoms with van der Waals surface area (Å²) >= 11 is 0. The highest BCUT2D eigenvalue weighted by atomic mass is 16.2. The standard InChI is InChI=1S/C15H23N3O/c1-4-12-7-6-11(3)18(12)15(19)13-10-16-9-8-14(13)17-5-2/h8-12H,4-7H2,1-3H3,(H,16,17). The molecule has 0 radical (unpaired) electrons. The van der Waals surface area contributed by atoms with Gasteiger partial charge in [0.1, 0.15) is 0 Å². The van der Waals surface area contributed by atoms with Crippen LogP contribution in [0.5, 0.6) is 0 Å². The van der Waals surface area contributed by atoms with Crippen LogP contribution in [0.2, 0.25) is 0 Å². The number of amides is 1. The van der Waals surface area contributed by atoms with Crippen LogP contribution in [0.4, 0.5) is 5.69 Å². The zero-order chi connectivity index (χ0) is 13.8. The molecule has 0 bridgehead atoms. The molecule has 1 aliphatic rings. The van der Waals surface area contributed by atoms with Crippen molar-refractivity contribution in [3.63, 3.8) is 0 Å². The van der Waals surface area contributed by atoms with Crippen LogP contribution >= 0.6 is 0 Å². The molecule has 2 atom stereocenters. The Kier molecular flexibility index (Phi) is 4.40. The maximum Gasteiger partial charge on any atom is 0.258 e. The Bertz CT molecular complexity index is 447. The Balaban J connectivity index is 2.28. The monoisotopic (exact) mass is 261 g/mol. The fraction of sp³-hybridized carbons (Fsp3) is 0.600. The van der Waals surface area contributed by atoms with Gasteiger partial charge in [-0.2, -0.15) is 0 Å². The number of carbonyl (C=O) groups is 1. The van der Waals surface area contributed by atoms with Gasteiger partial charge in [0.05, 0.1) is 11.3 Å². The Hall–Kier alpha value is -1.58. The second kappa shape index (κ2) is 6.04. The largest absolute Gasteiger partial charge is 0.385 e. The normalized spacial score (nSPS) is 22.6. The molecule has 0 saturated carbocycles. The SMILES string of the molecule is CCNc1ccncc1C(=O)N1C(C)CCC1CC. The van der Waals surface area contributed by atoms with Gasteiger partial charge in [0.15, 0.2) is 0 Å². The number of aromatic nitrogens is 1. The molecular formula is C15H23N3O. The van der Waals surface area contributed by atoms with Gasteiger partial charge in [-0.1, -0.05) is 6.92 Å². The lowest BCUT2D eigenvalue weighted by atomic mass is 10.1.